The number of aromatic nitrogens is 1. The van der Waals surface area contributed by atoms with Crippen LogP contribution in [-0.2, 0) is 4.79 Å². The molecule has 3 rings (SSSR count). The summed E-state index contributed by atoms with van der Waals surface area (Å²) in [6.45, 7) is 5.65. The quantitative estimate of drug-likeness (QED) is 0.851. The number of carbonyl (C=O) groups excluding carboxylic acids is 2. The molecule has 134 valence electrons. The van der Waals surface area contributed by atoms with Crippen LogP contribution < -0.4 is 10.6 Å². The van der Waals surface area contributed by atoms with Gasteiger partial charge in [0.2, 0.25) is 11.8 Å². The lowest BCUT2D eigenvalue weighted by Crippen LogP contribution is -2.46. The van der Waals surface area contributed by atoms with Gasteiger partial charge in [0, 0.05) is 30.1 Å². The van der Waals surface area contributed by atoms with Crippen LogP contribution in [0.2, 0.25) is 0 Å². The summed E-state index contributed by atoms with van der Waals surface area (Å²) in [6.07, 6.45) is 1.68. The molecule has 1 fully saturated rings. The van der Waals surface area contributed by atoms with E-state index in [9.17, 15) is 9.59 Å². The zero-order chi connectivity index (χ0) is 17.8. The zero-order valence-electron chi connectivity index (χ0n) is 14.4. The largest absolute Gasteiger partial charge is 0.349 e. The number of nitrogens with one attached hydrogen (secondary N) is 2. The van der Waals surface area contributed by atoms with Crippen molar-refractivity contribution in [3.63, 3.8) is 0 Å². The minimum Gasteiger partial charge on any atom is -0.349 e. The van der Waals surface area contributed by atoms with E-state index >= 15 is 0 Å². The van der Waals surface area contributed by atoms with Gasteiger partial charge in [0.1, 0.15) is 0 Å². The number of anilines is 1. The van der Waals surface area contributed by atoms with Crippen LogP contribution in [0.25, 0.3) is 0 Å². The van der Waals surface area contributed by atoms with Crippen molar-refractivity contribution in [1.29, 1.82) is 0 Å². The number of piperidine rings is 1. The molecule has 0 radical (unpaired) electrons. The molecule has 1 saturated heterocycles. The van der Waals surface area contributed by atoms with Crippen molar-refractivity contribution in [2.24, 2.45) is 0 Å². The molecule has 8 heteroatoms. The van der Waals surface area contributed by atoms with E-state index in [1.807, 2.05) is 19.1 Å². The molecule has 0 aliphatic carbocycles. The number of thiophene rings is 1. The van der Waals surface area contributed by atoms with Gasteiger partial charge in [0.15, 0.2) is 0 Å². The Morgan fingerprint density at radius 2 is 2.08 bits per heavy atom. The lowest BCUT2D eigenvalue weighted by atomic mass is 10.0. The number of nitrogens with zero attached hydrogens (tertiary/aromatic N) is 2. The molecular weight excluding hydrogens is 340 g/mol. The first-order chi connectivity index (χ1) is 12.0. The molecule has 25 heavy (non-hydrogen) atoms. The summed E-state index contributed by atoms with van der Waals surface area (Å²) >= 11 is 1.51. The topological polar surface area (TPSA) is 87.5 Å². The monoisotopic (exact) mass is 362 g/mol. The average molecular weight is 362 g/mol. The lowest BCUT2D eigenvalue weighted by molar-refractivity contribution is -0.117. The van der Waals surface area contributed by atoms with Crippen molar-refractivity contribution in [2.45, 2.75) is 32.7 Å². The summed E-state index contributed by atoms with van der Waals surface area (Å²) in [4.78, 5) is 28.2. The van der Waals surface area contributed by atoms with Gasteiger partial charge in [0.05, 0.1) is 17.1 Å². The second kappa shape index (κ2) is 7.79. The molecule has 1 aliphatic heterocycles. The summed E-state index contributed by atoms with van der Waals surface area (Å²) in [6, 6.07) is 5.66. The molecule has 0 bridgehead atoms. The van der Waals surface area contributed by atoms with Crippen molar-refractivity contribution in [1.82, 2.24) is 15.4 Å². The summed E-state index contributed by atoms with van der Waals surface area (Å²) in [5.41, 5.74) is 0.729. The summed E-state index contributed by atoms with van der Waals surface area (Å²) < 4.78 is 4.98. The molecule has 2 aromatic rings. The van der Waals surface area contributed by atoms with Crippen LogP contribution in [0, 0.1) is 13.8 Å². The molecule has 2 aromatic heterocycles. The van der Waals surface area contributed by atoms with Crippen LogP contribution in [-0.4, -0.2) is 47.5 Å². The molecular formula is C17H22N4O3S. The maximum absolute atomic E-state index is 12.2. The van der Waals surface area contributed by atoms with E-state index in [1.54, 1.807) is 13.0 Å². The minimum absolute atomic E-state index is 0.00465. The molecule has 0 aromatic carbocycles. The van der Waals surface area contributed by atoms with Gasteiger partial charge in [-0.2, -0.15) is 0 Å². The fourth-order valence-corrected chi connectivity index (χ4v) is 3.62. The Morgan fingerprint density at radius 3 is 2.68 bits per heavy atom. The van der Waals surface area contributed by atoms with Crippen LogP contribution in [0.15, 0.2) is 22.7 Å². The Bertz CT molecular complexity index is 747. The predicted molar refractivity (Wildman–Crippen MR) is 95.9 cm³/mol. The van der Waals surface area contributed by atoms with Gasteiger partial charge in [-0.25, -0.2) is 0 Å². The Balaban J connectivity index is 1.41. The molecule has 0 atom stereocenters. The number of carbonyl (C=O) groups is 2. The van der Waals surface area contributed by atoms with Gasteiger partial charge in [-0.1, -0.05) is 5.16 Å². The highest BCUT2D eigenvalue weighted by atomic mass is 32.1. The first-order valence-electron chi connectivity index (χ1n) is 8.32. The zero-order valence-corrected chi connectivity index (χ0v) is 15.2. The van der Waals surface area contributed by atoms with Crippen LogP contribution in [0.5, 0.6) is 0 Å². The number of hydrogen-bond acceptors (Lipinski definition) is 6. The third-order valence-corrected chi connectivity index (χ3v) is 5.14. The van der Waals surface area contributed by atoms with Crippen molar-refractivity contribution < 1.29 is 14.1 Å². The number of amides is 2. The highest BCUT2D eigenvalue weighted by Crippen LogP contribution is 2.17. The van der Waals surface area contributed by atoms with Gasteiger partial charge >= 0.3 is 0 Å². The molecule has 3 heterocycles. The first kappa shape index (κ1) is 17.6. The third-order valence-electron chi connectivity index (χ3n) is 4.14. The number of likely N-dealkylation sites (tertiary alicyclic amines) is 1. The molecule has 0 saturated carbocycles. The maximum atomic E-state index is 12.2. The predicted octanol–water partition coefficient (Wildman–Crippen LogP) is 2.19. The van der Waals surface area contributed by atoms with Gasteiger partial charge in [0.25, 0.3) is 5.91 Å². The molecule has 1 aliphatic rings. The van der Waals surface area contributed by atoms with E-state index in [0.717, 1.165) is 41.4 Å². The van der Waals surface area contributed by atoms with Crippen molar-refractivity contribution in [2.75, 3.05) is 25.0 Å². The van der Waals surface area contributed by atoms with Gasteiger partial charge in [-0.15, -0.1) is 11.3 Å². The summed E-state index contributed by atoms with van der Waals surface area (Å²) in [5.74, 6) is 0.249. The van der Waals surface area contributed by atoms with Crippen molar-refractivity contribution >= 4 is 29.0 Å². The van der Waals surface area contributed by atoms with E-state index in [0.29, 0.717) is 12.4 Å². The van der Waals surface area contributed by atoms with Gasteiger partial charge < -0.3 is 9.84 Å². The normalized spacial score (nSPS) is 15.9. The molecule has 2 amide bonds. The number of rotatable bonds is 5. The second-order valence-electron chi connectivity index (χ2n) is 6.31. The minimum atomic E-state index is -0.118. The van der Waals surface area contributed by atoms with Crippen LogP contribution >= 0.6 is 11.3 Å². The molecule has 0 unspecified atom stereocenters. The molecule has 7 nitrogen and oxygen atoms in total. The Morgan fingerprint density at radius 1 is 1.32 bits per heavy atom. The van der Waals surface area contributed by atoms with E-state index in [4.69, 9.17) is 4.52 Å². The smallest absolute Gasteiger partial charge is 0.261 e. The van der Waals surface area contributed by atoms with Crippen LogP contribution in [0.3, 0.4) is 0 Å². The summed E-state index contributed by atoms with van der Waals surface area (Å²) in [7, 11) is 0. The number of hydrogen-bond donors (Lipinski definition) is 2. The van der Waals surface area contributed by atoms with Gasteiger partial charge in [-0.3, -0.25) is 19.8 Å². The van der Waals surface area contributed by atoms with Gasteiger partial charge in [-0.05, 0) is 38.8 Å². The van der Waals surface area contributed by atoms with E-state index in [-0.39, 0.29) is 17.9 Å². The summed E-state index contributed by atoms with van der Waals surface area (Å²) in [5, 5.41) is 9.52. The fourth-order valence-electron chi connectivity index (χ4n) is 2.85. The first-order valence-corrected chi connectivity index (χ1v) is 9.14. The van der Waals surface area contributed by atoms with E-state index in [1.165, 1.54) is 11.3 Å². The Labute approximate surface area is 150 Å². The van der Waals surface area contributed by atoms with E-state index < -0.39 is 0 Å². The highest BCUT2D eigenvalue weighted by molar-refractivity contribution is 7.13. The third kappa shape index (κ3) is 4.90. The standard InChI is InChI=1S/C17H22N4O3S/c1-11-9-16(24-20-11)19-15(22)10-21-7-5-13(6-8-21)18-17(23)14-4-3-12(2)25-14/h3-4,9,13H,5-8,10H2,1-2H3,(H,18,23)(H,19,22). The van der Waals surface area contributed by atoms with Crippen molar-refractivity contribution in [3.8, 4) is 0 Å². The van der Waals surface area contributed by atoms with E-state index in [2.05, 4.69) is 20.7 Å². The molecule has 2 N–H and O–H groups in total. The maximum Gasteiger partial charge on any atom is 0.261 e. The van der Waals surface area contributed by atoms with Crippen molar-refractivity contribution in [3.05, 3.63) is 33.6 Å². The molecule has 0 spiro atoms. The Kier molecular flexibility index (Phi) is 5.50. The fraction of sp³-hybridized carbons (Fsp3) is 0.471. The Hall–Kier alpha value is -2.19. The second-order valence-corrected chi connectivity index (χ2v) is 7.60. The van der Waals surface area contributed by atoms with Crippen LogP contribution in [0.1, 0.15) is 33.1 Å². The average Bonchev–Trinajstić information content (AvgIpc) is 3.18. The number of aryl methyl sites for hydroxylation is 2. The van der Waals surface area contributed by atoms with Crippen LogP contribution in [0.4, 0.5) is 5.88 Å². The lowest BCUT2D eigenvalue weighted by Gasteiger charge is -2.31. The SMILES string of the molecule is Cc1cc(NC(=O)CN2CCC(NC(=O)c3ccc(C)s3)CC2)on1. The highest BCUT2D eigenvalue weighted by Gasteiger charge is 2.23.